The van der Waals surface area contributed by atoms with E-state index >= 15 is 0 Å². The number of fused-ring (bicyclic) bond motifs is 3. The van der Waals surface area contributed by atoms with Crippen molar-refractivity contribution in [1.82, 2.24) is 14.9 Å². The zero-order valence-electron chi connectivity index (χ0n) is 19.8. The van der Waals surface area contributed by atoms with Crippen molar-refractivity contribution in [2.45, 2.75) is 62.4 Å². The predicted octanol–water partition coefficient (Wildman–Crippen LogP) is 4.63. The van der Waals surface area contributed by atoms with Gasteiger partial charge in [-0.3, -0.25) is 4.79 Å². The quantitative estimate of drug-likeness (QED) is 0.604. The fourth-order valence-corrected chi connectivity index (χ4v) is 6.67. The zero-order chi connectivity index (χ0) is 23.1. The van der Waals surface area contributed by atoms with Crippen LogP contribution >= 0.6 is 0 Å². The number of nitrogens with one attached hydrogen (secondary N) is 1. The van der Waals surface area contributed by atoms with Gasteiger partial charge in [-0.2, -0.15) is 0 Å². The van der Waals surface area contributed by atoms with Crippen molar-refractivity contribution in [3.05, 3.63) is 59.9 Å². The summed E-state index contributed by atoms with van der Waals surface area (Å²) in [4.78, 5) is 24.6. The molecule has 2 bridgehead atoms. The Hall–Kier alpha value is -2.86. The number of aromatic nitrogens is 2. The lowest BCUT2D eigenvalue weighted by atomic mass is 9.72. The summed E-state index contributed by atoms with van der Waals surface area (Å²) in [6.45, 7) is 1.27. The van der Waals surface area contributed by atoms with Gasteiger partial charge in [0.1, 0.15) is 11.4 Å². The number of pyridine rings is 1. The molecule has 1 aromatic carbocycles. The first-order chi connectivity index (χ1) is 16.7. The molecule has 0 aliphatic carbocycles. The standard InChI is InChI=1S/C28H33N3O3/c1-33-25-8-3-21(4-9-25)28(11-14-34-15-12-28)27(32)31-23-6-7-24(31)18-19(17-23)16-22-5-2-20-10-13-29-26(20)30-22/h2-5,8-10,13,19,23-24H,6-7,11-12,14-18H2,1H3,(H,29,30)/t23-,24-/m0/s1. The number of benzene rings is 1. The Labute approximate surface area is 200 Å². The summed E-state index contributed by atoms with van der Waals surface area (Å²) < 4.78 is 11.1. The minimum atomic E-state index is -0.488. The highest BCUT2D eigenvalue weighted by Gasteiger charge is 2.51. The first kappa shape index (κ1) is 21.7. The van der Waals surface area contributed by atoms with Crippen LogP contribution in [0.25, 0.3) is 11.0 Å². The molecule has 1 amide bonds. The Morgan fingerprint density at radius 2 is 1.82 bits per heavy atom. The van der Waals surface area contributed by atoms with E-state index in [2.05, 4.69) is 40.2 Å². The molecule has 5 heterocycles. The maximum atomic E-state index is 14.3. The number of hydrogen-bond acceptors (Lipinski definition) is 4. The lowest BCUT2D eigenvalue weighted by Gasteiger charge is -2.46. The maximum Gasteiger partial charge on any atom is 0.233 e. The molecule has 2 aromatic heterocycles. The van der Waals surface area contributed by atoms with E-state index in [4.69, 9.17) is 14.5 Å². The molecule has 3 aromatic rings. The van der Waals surface area contributed by atoms with Crippen LogP contribution in [0, 0.1) is 5.92 Å². The second-order valence-electron chi connectivity index (χ2n) is 10.3. The molecule has 1 N–H and O–H groups in total. The number of carbonyl (C=O) groups is 1. The number of amides is 1. The summed E-state index contributed by atoms with van der Waals surface area (Å²) in [5.74, 6) is 1.72. The summed E-state index contributed by atoms with van der Waals surface area (Å²) in [5, 5.41) is 1.16. The number of aromatic amines is 1. The van der Waals surface area contributed by atoms with E-state index in [1.807, 2.05) is 18.3 Å². The van der Waals surface area contributed by atoms with Gasteiger partial charge < -0.3 is 19.4 Å². The molecule has 6 nitrogen and oxygen atoms in total. The van der Waals surface area contributed by atoms with Crippen LogP contribution in [0.3, 0.4) is 0 Å². The van der Waals surface area contributed by atoms with Crippen molar-refractivity contribution in [3.8, 4) is 5.75 Å². The number of hydrogen-bond donors (Lipinski definition) is 1. The SMILES string of the molecule is COc1ccc(C2(C(=O)N3[C@H]4CC[C@H]3CC(Cc3ccc5cc[nH]c5n3)C4)CCOCC2)cc1. The largest absolute Gasteiger partial charge is 0.497 e. The van der Waals surface area contributed by atoms with Crippen molar-refractivity contribution < 1.29 is 14.3 Å². The summed E-state index contributed by atoms with van der Waals surface area (Å²) in [6.07, 6.45) is 8.80. The first-order valence-electron chi connectivity index (χ1n) is 12.6. The van der Waals surface area contributed by atoms with E-state index in [1.54, 1.807) is 7.11 Å². The molecule has 0 radical (unpaired) electrons. The van der Waals surface area contributed by atoms with E-state index in [0.29, 0.717) is 37.1 Å². The second kappa shape index (κ2) is 8.73. The molecule has 0 saturated carbocycles. The Balaban J connectivity index is 1.22. The number of rotatable bonds is 5. The van der Waals surface area contributed by atoms with E-state index < -0.39 is 5.41 Å². The maximum absolute atomic E-state index is 14.3. The van der Waals surface area contributed by atoms with Gasteiger partial charge in [0.2, 0.25) is 5.91 Å². The third kappa shape index (κ3) is 3.68. The van der Waals surface area contributed by atoms with Crippen molar-refractivity contribution >= 4 is 16.9 Å². The third-order valence-electron chi connectivity index (χ3n) is 8.43. The normalized spacial score (nSPS) is 26.0. The number of ether oxygens (including phenoxy) is 2. The number of methoxy groups -OCH3 is 1. The number of carbonyl (C=O) groups excluding carboxylic acids is 1. The first-order valence-corrected chi connectivity index (χ1v) is 12.6. The Kier molecular flexibility index (Phi) is 5.56. The molecular formula is C28H33N3O3. The summed E-state index contributed by atoms with van der Waals surface area (Å²) in [7, 11) is 1.68. The lowest BCUT2D eigenvalue weighted by Crippen LogP contribution is -2.56. The smallest absolute Gasteiger partial charge is 0.233 e. The molecule has 6 heteroatoms. The molecule has 0 unspecified atom stereocenters. The Morgan fingerprint density at radius 3 is 2.53 bits per heavy atom. The highest BCUT2D eigenvalue weighted by molar-refractivity contribution is 5.89. The van der Waals surface area contributed by atoms with Crippen molar-refractivity contribution in [2.24, 2.45) is 5.92 Å². The molecule has 178 valence electrons. The van der Waals surface area contributed by atoms with E-state index in [9.17, 15) is 4.79 Å². The Bertz CT molecular complexity index is 1150. The van der Waals surface area contributed by atoms with Crippen LogP contribution < -0.4 is 4.74 Å². The van der Waals surface area contributed by atoms with Gasteiger partial charge in [0.25, 0.3) is 0 Å². The second-order valence-corrected chi connectivity index (χ2v) is 10.3. The number of piperidine rings is 1. The molecular weight excluding hydrogens is 426 g/mol. The highest BCUT2D eigenvalue weighted by atomic mass is 16.5. The average molecular weight is 460 g/mol. The van der Waals surface area contributed by atoms with E-state index in [-0.39, 0.29) is 0 Å². The van der Waals surface area contributed by atoms with Gasteiger partial charge in [0, 0.05) is 42.6 Å². The minimum absolute atomic E-state index is 0.317. The van der Waals surface area contributed by atoms with Crippen LogP contribution in [0.15, 0.2) is 48.7 Å². The topological polar surface area (TPSA) is 67.5 Å². The molecule has 3 fully saturated rings. The van der Waals surface area contributed by atoms with Gasteiger partial charge in [-0.05, 0) is 86.8 Å². The van der Waals surface area contributed by atoms with E-state index in [1.165, 1.54) is 0 Å². The molecule has 3 aliphatic rings. The summed E-state index contributed by atoms with van der Waals surface area (Å²) in [5.41, 5.74) is 2.73. The van der Waals surface area contributed by atoms with Crippen molar-refractivity contribution in [3.63, 3.8) is 0 Å². The van der Waals surface area contributed by atoms with Crippen LogP contribution in [-0.2, 0) is 21.4 Å². The van der Waals surface area contributed by atoms with Crippen LogP contribution in [0.1, 0.15) is 49.8 Å². The van der Waals surface area contributed by atoms with Gasteiger partial charge in [0.15, 0.2) is 0 Å². The zero-order valence-corrected chi connectivity index (χ0v) is 19.8. The Morgan fingerprint density at radius 1 is 1.09 bits per heavy atom. The van der Waals surface area contributed by atoms with Crippen LogP contribution in [0.5, 0.6) is 5.75 Å². The minimum Gasteiger partial charge on any atom is -0.497 e. The molecule has 3 aliphatic heterocycles. The van der Waals surface area contributed by atoms with Gasteiger partial charge in [-0.1, -0.05) is 12.1 Å². The molecule has 6 rings (SSSR count). The number of nitrogens with zero attached hydrogens (tertiary/aromatic N) is 2. The highest BCUT2D eigenvalue weighted by Crippen LogP contribution is 2.45. The van der Waals surface area contributed by atoms with Crippen LogP contribution in [0.4, 0.5) is 0 Å². The monoisotopic (exact) mass is 459 g/mol. The van der Waals surface area contributed by atoms with Gasteiger partial charge in [-0.15, -0.1) is 0 Å². The van der Waals surface area contributed by atoms with E-state index in [0.717, 1.165) is 73.0 Å². The summed E-state index contributed by atoms with van der Waals surface area (Å²) in [6, 6.07) is 15.2. The van der Waals surface area contributed by atoms with Crippen LogP contribution in [-0.4, -0.2) is 53.2 Å². The average Bonchev–Trinajstić information content (AvgIpc) is 3.45. The van der Waals surface area contributed by atoms with Gasteiger partial charge in [-0.25, -0.2) is 4.98 Å². The molecule has 2 atom stereocenters. The molecule has 3 saturated heterocycles. The summed E-state index contributed by atoms with van der Waals surface area (Å²) >= 11 is 0. The predicted molar refractivity (Wildman–Crippen MR) is 131 cm³/mol. The lowest BCUT2D eigenvalue weighted by molar-refractivity contribution is -0.146. The fourth-order valence-electron chi connectivity index (χ4n) is 6.67. The number of H-pyrrole nitrogens is 1. The van der Waals surface area contributed by atoms with Crippen molar-refractivity contribution in [2.75, 3.05) is 20.3 Å². The van der Waals surface area contributed by atoms with Crippen molar-refractivity contribution in [1.29, 1.82) is 0 Å². The van der Waals surface area contributed by atoms with Gasteiger partial charge in [0.05, 0.1) is 12.5 Å². The van der Waals surface area contributed by atoms with Gasteiger partial charge >= 0.3 is 0 Å². The third-order valence-corrected chi connectivity index (χ3v) is 8.43. The fraction of sp³-hybridized carbons (Fsp3) is 0.500. The molecule has 34 heavy (non-hydrogen) atoms. The molecule has 0 spiro atoms. The van der Waals surface area contributed by atoms with Crippen LogP contribution in [0.2, 0.25) is 0 Å².